The highest BCUT2D eigenvalue weighted by atomic mass is 16.3. The van der Waals surface area contributed by atoms with Crippen LogP contribution >= 0.6 is 0 Å². The number of rotatable bonds is 6. The summed E-state index contributed by atoms with van der Waals surface area (Å²) >= 11 is 0. The quantitative estimate of drug-likeness (QED) is 0.603. The number of β-amino-alcohol motifs (C(OH)–C–C–N with tert-alkyl or cyclic N) is 1. The van der Waals surface area contributed by atoms with Gasteiger partial charge in [0.25, 0.3) is 0 Å². The first kappa shape index (κ1) is 18.4. The third-order valence-corrected chi connectivity index (χ3v) is 4.99. The summed E-state index contributed by atoms with van der Waals surface area (Å²) in [7, 11) is 1.94. The number of aromatic nitrogens is 4. The van der Waals surface area contributed by atoms with Gasteiger partial charge in [-0.1, -0.05) is 30.3 Å². The summed E-state index contributed by atoms with van der Waals surface area (Å²) in [6.45, 7) is 2.02. The minimum atomic E-state index is -0.459. The van der Waals surface area contributed by atoms with Gasteiger partial charge in [-0.05, 0) is 18.7 Å². The van der Waals surface area contributed by atoms with Gasteiger partial charge in [0.1, 0.15) is 5.69 Å². The number of carbonyl (C=O) groups excluding carboxylic acids is 1. The number of hydrogen-bond acceptors (Lipinski definition) is 5. The summed E-state index contributed by atoms with van der Waals surface area (Å²) in [5.74, 6) is 0.266. The summed E-state index contributed by atoms with van der Waals surface area (Å²) in [6.07, 6.45) is 1.73. The van der Waals surface area contributed by atoms with Crippen LogP contribution in [0.5, 0.6) is 0 Å². The van der Waals surface area contributed by atoms with Crippen molar-refractivity contribution in [1.82, 2.24) is 24.9 Å². The minimum Gasteiger partial charge on any atom is -0.391 e. The Balaban J connectivity index is 1.36. The van der Waals surface area contributed by atoms with Gasteiger partial charge in [0, 0.05) is 37.7 Å². The largest absolute Gasteiger partial charge is 0.391 e. The number of likely N-dealkylation sites (tertiary alicyclic amines) is 1. The molecule has 0 radical (unpaired) electrons. The lowest BCUT2D eigenvalue weighted by Gasteiger charge is -2.12. The van der Waals surface area contributed by atoms with Crippen LogP contribution in [0.15, 0.2) is 48.7 Å². The van der Waals surface area contributed by atoms with Crippen molar-refractivity contribution < 1.29 is 9.90 Å². The molecule has 3 aromatic rings. The van der Waals surface area contributed by atoms with Gasteiger partial charge in [-0.3, -0.25) is 14.6 Å². The van der Waals surface area contributed by atoms with Crippen LogP contribution in [0.1, 0.15) is 12.0 Å². The van der Waals surface area contributed by atoms with Crippen LogP contribution in [0.25, 0.3) is 11.4 Å². The average Bonchev–Trinajstić information content (AvgIpc) is 3.37. The Morgan fingerprint density at radius 2 is 2.11 bits per heavy atom. The number of likely N-dealkylation sites (N-methyl/N-ethyl adjacent to an activating group) is 1. The fourth-order valence-corrected chi connectivity index (χ4v) is 3.58. The summed E-state index contributed by atoms with van der Waals surface area (Å²) < 4.78 is 1.86. The zero-order valence-corrected chi connectivity index (χ0v) is 15.7. The second kappa shape index (κ2) is 7.95. The lowest BCUT2D eigenvalue weighted by atomic mass is 10.0. The monoisotopic (exact) mass is 380 g/mol. The average molecular weight is 380 g/mol. The SMILES string of the molecule is CN1C[C@@H](CC(=O)Nc2cc(-c3ccn(Cc4ccccc4)n3)[nH]n2)[C@H](O)C1. The van der Waals surface area contributed by atoms with E-state index in [2.05, 4.69) is 32.7 Å². The first-order valence-corrected chi connectivity index (χ1v) is 9.36. The maximum atomic E-state index is 12.3. The van der Waals surface area contributed by atoms with E-state index in [1.165, 1.54) is 5.56 Å². The Morgan fingerprint density at radius 3 is 2.86 bits per heavy atom. The van der Waals surface area contributed by atoms with Gasteiger partial charge < -0.3 is 15.3 Å². The van der Waals surface area contributed by atoms with Gasteiger partial charge in [0.2, 0.25) is 5.91 Å². The molecular weight excluding hydrogens is 356 g/mol. The predicted octanol–water partition coefficient (Wildman–Crippen LogP) is 1.57. The van der Waals surface area contributed by atoms with Gasteiger partial charge in [0.05, 0.1) is 18.3 Å². The van der Waals surface area contributed by atoms with E-state index in [9.17, 15) is 9.90 Å². The first-order valence-electron chi connectivity index (χ1n) is 9.36. The number of benzene rings is 1. The lowest BCUT2D eigenvalue weighted by molar-refractivity contribution is -0.117. The predicted molar refractivity (Wildman–Crippen MR) is 106 cm³/mol. The van der Waals surface area contributed by atoms with Crippen LogP contribution in [-0.4, -0.2) is 62.1 Å². The molecule has 146 valence electrons. The Morgan fingerprint density at radius 1 is 1.29 bits per heavy atom. The molecule has 8 heteroatoms. The molecule has 28 heavy (non-hydrogen) atoms. The molecule has 4 rings (SSSR count). The second-order valence-electron chi connectivity index (χ2n) is 7.35. The molecule has 3 N–H and O–H groups in total. The van der Waals surface area contributed by atoms with Crippen LogP contribution < -0.4 is 5.32 Å². The van der Waals surface area contributed by atoms with Crippen molar-refractivity contribution in [2.45, 2.75) is 19.1 Å². The lowest BCUT2D eigenvalue weighted by Crippen LogP contribution is -2.24. The first-order chi connectivity index (χ1) is 13.6. The molecule has 2 atom stereocenters. The zero-order chi connectivity index (χ0) is 19.5. The van der Waals surface area contributed by atoms with Crippen LogP contribution in [-0.2, 0) is 11.3 Å². The molecule has 0 unspecified atom stereocenters. The van der Waals surface area contributed by atoms with E-state index < -0.39 is 6.10 Å². The molecular formula is C20H24N6O2. The fraction of sp³-hybridized carbons (Fsp3) is 0.350. The smallest absolute Gasteiger partial charge is 0.226 e. The molecule has 1 saturated heterocycles. The normalized spacial score (nSPS) is 19.8. The number of anilines is 1. The summed E-state index contributed by atoms with van der Waals surface area (Å²) in [6, 6.07) is 13.8. The van der Waals surface area contributed by atoms with Crippen molar-refractivity contribution in [2.75, 3.05) is 25.5 Å². The highest BCUT2D eigenvalue weighted by molar-refractivity contribution is 5.90. The molecule has 1 aliphatic rings. The number of H-pyrrole nitrogens is 1. The van der Waals surface area contributed by atoms with Crippen molar-refractivity contribution in [1.29, 1.82) is 0 Å². The van der Waals surface area contributed by atoms with E-state index >= 15 is 0 Å². The molecule has 3 heterocycles. The number of aliphatic hydroxyl groups excluding tert-OH is 1. The molecule has 0 bridgehead atoms. The van der Waals surface area contributed by atoms with Gasteiger partial charge in [0.15, 0.2) is 5.82 Å². The maximum Gasteiger partial charge on any atom is 0.226 e. The standard InChI is InChI=1S/C20H24N6O2/c1-25-12-15(18(27)13-25)9-20(28)21-19-10-17(22-23-19)16-7-8-26(24-16)11-14-5-3-2-4-6-14/h2-8,10,15,18,27H,9,11-13H2,1H3,(H2,21,22,23,28)/t15-,18-/m1/s1. The van der Waals surface area contributed by atoms with E-state index in [-0.39, 0.29) is 18.2 Å². The van der Waals surface area contributed by atoms with Gasteiger partial charge in [-0.25, -0.2) is 0 Å². The summed E-state index contributed by atoms with van der Waals surface area (Å²) in [4.78, 5) is 14.3. The Labute approximate surface area is 163 Å². The molecule has 1 aromatic carbocycles. The maximum absolute atomic E-state index is 12.3. The molecule has 0 spiro atoms. The van der Waals surface area contributed by atoms with E-state index in [0.717, 1.165) is 17.9 Å². The highest BCUT2D eigenvalue weighted by Crippen LogP contribution is 2.21. The Bertz CT molecular complexity index is 935. The molecule has 8 nitrogen and oxygen atoms in total. The third kappa shape index (κ3) is 4.29. The van der Waals surface area contributed by atoms with E-state index in [1.54, 1.807) is 6.07 Å². The van der Waals surface area contributed by atoms with Crippen molar-refractivity contribution in [3.05, 3.63) is 54.2 Å². The van der Waals surface area contributed by atoms with E-state index in [0.29, 0.717) is 18.9 Å². The number of amides is 1. The van der Waals surface area contributed by atoms with Crippen molar-refractivity contribution in [2.24, 2.45) is 5.92 Å². The van der Waals surface area contributed by atoms with E-state index in [1.807, 2.05) is 47.1 Å². The number of nitrogens with zero attached hydrogens (tertiary/aromatic N) is 4. The number of aliphatic hydroxyl groups is 1. The number of hydrogen-bond donors (Lipinski definition) is 3. The molecule has 0 aliphatic carbocycles. The van der Waals surface area contributed by atoms with Crippen LogP contribution in [0.2, 0.25) is 0 Å². The molecule has 1 aliphatic heterocycles. The van der Waals surface area contributed by atoms with Crippen molar-refractivity contribution in [3.8, 4) is 11.4 Å². The Hall–Kier alpha value is -2.97. The molecule has 1 amide bonds. The van der Waals surface area contributed by atoms with Gasteiger partial charge in [-0.2, -0.15) is 10.2 Å². The summed E-state index contributed by atoms with van der Waals surface area (Å²) in [5, 5.41) is 24.4. The fourth-order valence-electron chi connectivity index (χ4n) is 3.58. The number of nitrogens with one attached hydrogen (secondary N) is 2. The van der Waals surface area contributed by atoms with E-state index in [4.69, 9.17) is 0 Å². The number of aromatic amines is 1. The van der Waals surface area contributed by atoms with Crippen LogP contribution in [0, 0.1) is 5.92 Å². The van der Waals surface area contributed by atoms with Gasteiger partial charge >= 0.3 is 0 Å². The minimum absolute atomic E-state index is 0.0444. The topological polar surface area (TPSA) is 99.1 Å². The number of carbonyl (C=O) groups is 1. The molecule has 1 fully saturated rings. The second-order valence-corrected chi connectivity index (χ2v) is 7.35. The van der Waals surface area contributed by atoms with Crippen molar-refractivity contribution in [3.63, 3.8) is 0 Å². The summed E-state index contributed by atoms with van der Waals surface area (Å²) in [5.41, 5.74) is 2.67. The third-order valence-electron chi connectivity index (χ3n) is 4.99. The Kier molecular flexibility index (Phi) is 5.23. The van der Waals surface area contributed by atoms with Gasteiger partial charge in [-0.15, -0.1) is 0 Å². The molecule has 2 aromatic heterocycles. The van der Waals surface area contributed by atoms with Crippen LogP contribution in [0.4, 0.5) is 5.82 Å². The van der Waals surface area contributed by atoms with Crippen molar-refractivity contribution >= 4 is 11.7 Å². The molecule has 0 saturated carbocycles. The zero-order valence-electron chi connectivity index (χ0n) is 15.7. The highest BCUT2D eigenvalue weighted by Gasteiger charge is 2.30. The van der Waals surface area contributed by atoms with Crippen LogP contribution in [0.3, 0.4) is 0 Å².